The van der Waals surface area contributed by atoms with Gasteiger partial charge in [-0.1, -0.05) is 43.2 Å². The molecule has 2 aliphatic rings. The molecule has 31 heavy (non-hydrogen) atoms. The average molecular weight is 434 g/mol. The molecular formula is C23H25F3N2O3. The first-order chi connectivity index (χ1) is 14.8. The number of pyridine rings is 1. The van der Waals surface area contributed by atoms with Gasteiger partial charge in [0.2, 0.25) is 5.88 Å². The number of likely N-dealkylation sites (tertiary alicyclic amines) is 1. The van der Waals surface area contributed by atoms with Gasteiger partial charge in [0.15, 0.2) is 6.61 Å². The summed E-state index contributed by atoms with van der Waals surface area (Å²) in [7, 11) is 0. The van der Waals surface area contributed by atoms with E-state index in [-0.39, 0.29) is 23.7 Å². The van der Waals surface area contributed by atoms with Gasteiger partial charge in [-0.05, 0) is 30.9 Å². The smallest absolute Gasteiger partial charge is 0.422 e. The number of piperidine rings is 1. The van der Waals surface area contributed by atoms with E-state index in [4.69, 9.17) is 0 Å². The molecule has 1 N–H and O–H groups in total. The predicted molar refractivity (Wildman–Crippen MR) is 108 cm³/mol. The third-order valence-electron chi connectivity index (χ3n) is 6.38. The third-order valence-corrected chi connectivity index (χ3v) is 6.38. The molecule has 1 unspecified atom stereocenters. The fourth-order valence-corrected chi connectivity index (χ4v) is 4.93. The Hall–Kier alpha value is -2.61. The molecule has 3 atom stereocenters. The summed E-state index contributed by atoms with van der Waals surface area (Å²) in [4.78, 5) is 18.9. The van der Waals surface area contributed by atoms with Gasteiger partial charge in [-0.2, -0.15) is 13.2 Å². The Balaban J connectivity index is 1.52. The largest absolute Gasteiger partial charge is 0.468 e. The number of aliphatic hydroxyl groups is 1. The molecule has 166 valence electrons. The summed E-state index contributed by atoms with van der Waals surface area (Å²) in [6.07, 6.45) is 0.876. The van der Waals surface area contributed by atoms with Gasteiger partial charge >= 0.3 is 6.18 Å². The van der Waals surface area contributed by atoms with Crippen molar-refractivity contribution in [2.24, 2.45) is 5.92 Å². The highest BCUT2D eigenvalue weighted by atomic mass is 19.4. The van der Waals surface area contributed by atoms with Crippen molar-refractivity contribution in [3.8, 4) is 5.88 Å². The lowest BCUT2D eigenvalue weighted by molar-refractivity contribution is -0.154. The van der Waals surface area contributed by atoms with E-state index < -0.39 is 18.4 Å². The Morgan fingerprint density at radius 3 is 2.58 bits per heavy atom. The number of rotatable bonds is 4. The minimum atomic E-state index is -4.45. The number of halogens is 3. The molecule has 0 radical (unpaired) electrons. The number of fused-ring (bicyclic) bond motifs is 1. The Morgan fingerprint density at radius 1 is 1.16 bits per heavy atom. The standard InChI is InChI=1S/C23H25F3N2O3/c24-23(25,26)15-31-20-11-10-16(14-27-20)21(29)28-13-12-22(30,17-6-2-1-3-7-17)18-8-4-5-9-19(18)28/h1-3,6-7,10-11,14,18-19,30H,4-5,8-9,12-13,15H2/t18-,19-,22?/m0/s1. The molecule has 1 aliphatic carbocycles. The minimum absolute atomic E-state index is 0.0660. The van der Waals surface area contributed by atoms with Crippen molar-refractivity contribution in [1.82, 2.24) is 9.88 Å². The van der Waals surface area contributed by atoms with Crippen LogP contribution in [0, 0.1) is 5.92 Å². The molecule has 1 aromatic carbocycles. The first kappa shape index (κ1) is 21.6. The zero-order chi connectivity index (χ0) is 22.1. The number of nitrogens with zero attached hydrogens (tertiary/aromatic N) is 2. The number of aromatic nitrogens is 1. The SMILES string of the molecule is O=C(c1ccc(OCC(F)(F)F)nc1)N1CCC(O)(c2ccccc2)[C@H]2CCCC[C@@H]21. The molecule has 1 saturated carbocycles. The zero-order valence-corrected chi connectivity index (χ0v) is 17.0. The Labute approximate surface area is 178 Å². The van der Waals surface area contributed by atoms with E-state index in [1.165, 1.54) is 18.3 Å². The topological polar surface area (TPSA) is 62.7 Å². The van der Waals surface area contributed by atoms with Crippen molar-refractivity contribution >= 4 is 5.91 Å². The van der Waals surface area contributed by atoms with Gasteiger partial charge in [-0.3, -0.25) is 4.79 Å². The molecule has 1 amide bonds. The number of hydrogen-bond acceptors (Lipinski definition) is 4. The molecule has 1 aliphatic heterocycles. The number of carbonyl (C=O) groups excluding carboxylic acids is 1. The maximum atomic E-state index is 13.2. The zero-order valence-electron chi connectivity index (χ0n) is 17.0. The number of benzene rings is 1. The number of carbonyl (C=O) groups is 1. The number of amides is 1. The van der Waals surface area contributed by atoms with E-state index in [1.54, 1.807) is 4.90 Å². The Bertz CT molecular complexity index is 905. The van der Waals surface area contributed by atoms with Crippen LogP contribution in [-0.4, -0.2) is 46.3 Å². The number of hydrogen-bond donors (Lipinski definition) is 1. The van der Waals surface area contributed by atoms with Crippen LogP contribution in [-0.2, 0) is 5.60 Å². The van der Waals surface area contributed by atoms with Crippen molar-refractivity contribution in [3.63, 3.8) is 0 Å². The first-order valence-electron chi connectivity index (χ1n) is 10.5. The normalized spacial score (nSPS) is 26.3. The highest BCUT2D eigenvalue weighted by Crippen LogP contribution is 2.47. The summed E-state index contributed by atoms with van der Waals surface area (Å²) in [5.41, 5.74) is 0.206. The van der Waals surface area contributed by atoms with Crippen LogP contribution in [0.4, 0.5) is 13.2 Å². The lowest BCUT2D eigenvalue weighted by Gasteiger charge is -2.52. The fourth-order valence-electron chi connectivity index (χ4n) is 4.93. The van der Waals surface area contributed by atoms with E-state index in [9.17, 15) is 23.1 Å². The summed E-state index contributed by atoms with van der Waals surface area (Å²) < 4.78 is 41.5. The van der Waals surface area contributed by atoms with Gasteiger partial charge < -0.3 is 14.7 Å². The van der Waals surface area contributed by atoms with Gasteiger partial charge in [-0.15, -0.1) is 0 Å². The van der Waals surface area contributed by atoms with Crippen molar-refractivity contribution < 1.29 is 27.8 Å². The predicted octanol–water partition coefficient (Wildman–Crippen LogP) is 4.32. The minimum Gasteiger partial charge on any atom is -0.468 e. The second kappa shape index (κ2) is 8.49. The van der Waals surface area contributed by atoms with Crippen molar-refractivity contribution in [1.29, 1.82) is 0 Å². The quantitative estimate of drug-likeness (QED) is 0.779. The van der Waals surface area contributed by atoms with Crippen LogP contribution in [0.2, 0.25) is 0 Å². The average Bonchev–Trinajstić information content (AvgIpc) is 2.78. The molecule has 0 bridgehead atoms. The second-order valence-electron chi connectivity index (χ2n) is 8.29. The van der Waals surface area contributed by atoms with Crippen LogP contribution in [0.25, 0.3) is 0 Å². The summed E-state index contributed by atoms with van der Waals surface area (Å²) in [5.74, 6) is -0.466. The molecule has 2 aromatic rings. The molecule has 1 aromatic heterocycles. The maximum absolute atomic E-state index is 13.2. The third kappa shape index (κ3) is 4.54. The maximum Gasteiger partial charge on any atom is 0.422 e. The summed E-state index contributed by atoms with van der Waals surface area (Å²) in [6.45, 7) is -1.03. The number of alkyl halides is 3. The molecule has 8 heteroatoms. The van der Waals surface area contributed by atoms with E-state index in [2.05, 4.69) is 9.72 Å². The van der Waals surface area contributed by atoms with Crippen LogP contribution >= 0.6 is 0 Å². The Kier molecular flexibility index (Phi) is 5.92. The summed E-state index contributed by atoms with van der Waals surface area (Å²) in [5, 5.41) is 11.6. The lowest BCUT2D eigenvalue weighted by atomic mass is 9.66. The summed E-state index contributed by atoms with van der Waals surface area (Å²) >= 11 is 0. The van der Waals surface area contributed by atoms with E-state index >= 15 is 0 Å². The van der Waals surface area contributed by atoms with Gasteiger partial charge in [0.1, 0.15) is 0 Å². The van der Waals surface area contributed by atoms with Gasteiger partial charge in [0, 0.05) is 30.8 Å². The molecule has 0 spiro atoms. The van der Waals surface area contributed by atoms with E-state index in [1.807, 2.05) is 30.3 Å². The fraction of sp³-hybridized carbons (Fsp3) is 0.478. The van der Waals surface area contributed by atoms with Crippen LogP contribution in [0.3, 0.4) is 0 Å². The summed E-state index contributed by atoms with van der Waals surface area (Å²) in [6, 6.07) is 12.2. The van der Waals surface area contributed by atoms with E-state index in [0.717, 1.165) is 31.2 Å². The lowest BCUT2D eigenvalue weighted by Crippen LogP contribution is -2.59. The van der Waals surface area contributed by atoms with Crippen molar-refractivity contribution in [2.75, 3.05) is 13.2 Å². The van der Waals surface area contributed by atoms with Crippen molar-refractivity contribution in [2.45, 2.75) is 49.9 Å². The molecule has 4 rings (SSSR count). The van der Waals surface area contributed by atoms with Gasteiger partial charge in [0.25, 0.3) is 5.91 Å². The van der Waals surface area contributed by atoms with Crippen molar-refractivity contribution in [3.05, 3.63) is 59.8 Å². The van der Waals surface area contributed by atoms with E-state index in [0.29, 0.717) is 18.5 Å². The van der Waals surface area contributed by atoms with Crippen LogP contribution in [0.1, 0.15) is 48.0 Å². The molecule has 2 heterocycles. The van der Waals surface area contributed by atoms with Gasteiger partial charge in [-0.25, -0.2) is 4.98 Å². The molecular weight excluding hydrogens is 409 g/mol. The van der Waals surface area contributed by atoms with Crippen LogP contribution in [0.5, 0.6) is 5.88 Å². The second-order valence-corrected chi connectivity index (χ2v) is 8.29. The highest BCUT2D eigenvalue weighted by molar-refractivity contribution is 5.94. The molecule has 5 nitrogen and oxygen atoms in total. The molecule has 2 fully saturated rings. The van der Waals surface area contributed by atoms with Gasteiger partial charge in [0.05, 0.1) is 11.2 Å². The monoisotopic (exact) mass is 434 g/mol. The van der Waals surface area contributed by atoms with Crippen LogP contribution in [0.15, 0.2) is 48.7 Å². The highest BCUT2D eigenvalue weighted by Gasteiger charge is 2.50. The molecule has 1 saturated heterocycles. The number of ether oxygens (including phenoxy) is 1. The van der Waals surface area contributed by atoms with Crippen LogP contribution < -0.4 is 4.74 Å². The first-order valence-corrected chi connectivity index (χ1v) is 10.5. The Morgan fingerprint density at radius 2 is 1.90 bits per heavy atom.